The molecule has 0 bridgehead atoms. The fourth-order valence-corrected chi connectivity index (χ4v) is 4.75. The number of amides is 2. The van der Waals surface area contributed by atoms with E-state index in [1.54, 1.807) is 21.6 Å². The smallest absolute Gasteiger partial charge is 0.321 e. The Hall–Kier alpha value is -5.17. The molecule has 5 heterocycles. The van der Waals surface area contributed by atoms with E-state index in [-0.39, 0.29) is 6.03 Å². The van der Waals surface area contributed by atoms with Crippen LogP contribution in [0.4, 0.5) is 16.3 Å². The molecule has 38 heavy (non-hydrogen) atoms. The molecule has 4 aromatic heterocycles. The number of urea groups is 1. The van der Waals surface area contributed by atoms with E-state index in [0.717, 1.165) is 39.3 Å². The van der Waals surface area contributed by atoms with Crippen LogP contribution in [-0.4, -0.2) is 61.5 Å². The summed E-state index contributed by atoms with van der Waals surface area (Å²) in [6.07, 6.45) is 9.08. The number of benzene rings is 1. The predicted octanol–water partition coefficient (Wildman–Crippen LogP) is 4.02. The molecule has 10 heteroatoms. The lowest BCUT2D eigenvalue weighted by atomic mass is 10.0. The van der Waals surface area contributed by atoms with E-state index in [9.17, 15) is 10.1 Å². The molecular formula is C28H25N9O. The summed E-state index contributed by atoms with van der Waals surface area (Å²) in [6, 6.07) is 17.7. The van der Waals surface area contributed by atoms with Gasteiger partial charge in [-0.15, -0.1) is 0 Å². The van der Waals surface area contributed by atoms with Crippen LogP contribution in [-0.2, 0) is 7.05 Å². The number of piperazine rings is 1. The minimum atomic E-state index is -0.0919. The molecule has 5 aromatic rings. The van der Waals surface area contributed by atoms with Crippen LogP contribution >= 0.6 is 0 Å². The number of nitrogens with one attached hydrogen (secondary N) is 1. The average molecular weight is 504 g/mol. The van der Waals surface area contributed by atoms with Gasteiger partial charge in [0.15, 0.2) is 0 Å². The lowest BCUT2D eigenvalue weighted by Gasteiger charge is -2.35. The first kappa shape index (κ1) is 23.2. The van der Waals surface area contributed by atoms with Crippen LogP contribution in [0.2, 0.25) is 0 Å². The number of nitrogens with zero attached hydrogens (tertiary/aromatic N) is 8. The van der Waals surface area contributed by atoms with Crippen molar-refractivity contribution in [2.75, 3.05) is 36.4 Å². The highest BCUT2D eigenvalue weighted by Gasteiger charge is 2.22. The van der Waals surface area contributed by atoms with Crippen molar-refractivity contribution in [1.29, 1.82) is 5.26 Å². The number of rotatable bonds is 4. The third kappa shape index (κ3) is 4.41. The molecule has 2 amide bonds. The van der Waals surface area contributed by atoms with Crippen molar-refractivity contribution in [2.45, 2.75) is 0 Å². The molecule has 1 aromatic carbocycles. The number of hydrogen-bond donors (Lipinski definition) is 1. The zero-order valence-corrected chi connectivity index (χ0v) is 20.8. The first-order valence-corrected chi connectivity index (χ1v) is 12.3. The Kier molecular flexibility index (Phi) is 5.94. The molecule has 0 radical (unpaired) electrons. The molecule has 0 aliphatic carbocycles. The fraction of sp³-hybridized carbons (Fsp3) is 0.179. The summed E-state index contributed by atoms with van der Waals surface area (Å²) in [5.74, 6) is 0.852. The van der Waals surface area contributed by atoms with Gasteiger partial charge in [-0.2, -0.15) is 15.5 Å². The maximum absolute atomic E-state index is 12.6. The third-order valence-corrected chi connectivity index (χ3v) is 6.75. The normalized spacial score (nSPS) is 13.5. The van der Waals surface area contributed by atoms with Crippen LogP contribution in [0.15, 0.2) is 79.5 Å². The molecule has 1 aliphatic heterocycles. The molecule has 0 spiro atoms. The Bertz CT molecular complexity index is 1640. The Morgan fingerprint density at radius 2 is 1.74 bits per heavy atom. The Morgan fingerprint density at radius 3 is 2.42 bits per heavy atom. The van der Waals surface area contributed by atoms with Gasteiger partial charge >= 0.3 is 6.03 Å². The highest BCUT2D eigenvalue weighted by atomic mass is 16.2. The maximum Gasteiger partial charge on any atom is 0.321 e. The lowest BCUT2D eigenvalue weighted by molar-refractivity contribution is 0.208. The summed E-state index contributed by atoms with van der Waals surface area (Å²) in [6.45, 7) is 2.60. The number of carbonyl (C=O) groups is 1. The molecule has 6 rings (SSSR count). The second-order valence-electron chi connectivity index (χ2n) is 9.18. The summed E-state index contributed by atoms with van der Waals surface area (Å²) >= 11 is 0. The zero-order chi connectivity index (χ0) is 26.1. The zero-order valence-electron chi connectivity index (χ0n) is 20.8. The van der Waals surface area contributed by atoms with Crippen LogP contribution < -0.4 is 10.2 Å². The van der Waals surface area contributed by atoms with Crippen LogP contribution in [0, 0.1) is 11.3 Å². The second-order valence-corrected chi connectivity index (χ2v) is 9.18. The quantitative estimate of drug-likeness (QED) is 0.397. The molecule has 1 fully saturated rings. The molecule has 0 saturated carbocycles. The van der Waals surface area contributed by atoms with Crippen LogP contribution in [0.1, 0.15) is 5.56 Å². The molecule has 188 valence electrons. The van der Waals surface area contributed by atoms with Gasteiger partial charge in [0.05, 0.1) is 23.5 Å². The van der Waals surface area contributed by atoms with Crippen molar-refractivity contribution in [3.63, 3.8) is 0 Å². The van der Waals surface area contributed by atoms with E-state index in [4.69, 9.17) is 4.98 Å². The van der Waals surface area contributed by atoms with Crippen molar-refractivity contribution >= 4 is 23.1 Å². The van der Waals surface area contributed by atoms with Gasteiger partial charge in [0.2, 0.25) is 0 Å². The monoisotopic (exact) mass is 503 g/mol. The van der Waals surface area contributed by atoms with Gasteiger partial charge in [0, 0.05) is 79.8 Å². The Labute approximate surface area is 219 Å². The summed E-state index contributed by atoms with van der Waals surface area (Å²) in [7, 11) is 1.88. The number of para-hydroxylation sites is 1. The van der Waals surface area contributed by atoms with Crippen molar-refractivity contribution in [3.05, 3.63) is 85.1 Å². The highest BCUT2D eigenvalue weighted by Crippen LogP contribution is 2.32. The van der Waals surface area contributed by atoms with E-state index < -0.39 is 0 Å². The van der Waals surface area contributed by atoms with E-state index >= 15 is 0 Å². The molecule has 1 saturated heterocycles. The van der Waals surface area contributed by atoms with Gasteiger partial charge in [0.25, 0.3) is 0 Å². The number of pyridine rings is 2. The molecule has 1 aliphatic rings. The number of anilines is 2. The number of carbonyl (C=O) groups excluding carboxylic acids is 1. The van der Waals surface area contributed by atoms with E-state index in [1.165, 1.54) is 0 Å². The van der Waals surface area contributed by atoms with Crippen LogP contribution in [0.3, 0.4) is 0 Å². The van der Waals surface area contributed by atoms with E-state index in [0.29, 0.717) is 31.7 Å². The summed E-state index contributed by atoms with van der Waals surface area (Å²) < 4.78 is 3.49. The van der Waals surface area contributed by atoms with Crippen molar-refractivity contribution in [1.82, 2.24) is 29.3 Å². The summed E-state index contributed by atoms with van der Waals surface area (Å²) in [4.78, 5) is 21.4. The number of aromatic nitrogens is 5. The summed E-state index contributed by atoms with van der Waals surface area (Å²) in [5.41, 5.74) is 5.71. The topological polar surface area (TPSA) is 107 Å². The van der Waals surface area contributed by atoms with Crippen molar-refractivity contribution in [2.24, 2.45) is 7.05 Å². The second kappa shape index (κ2) is 9.71. The van der Waals surface area contributed by atoms with Crippen molar-refractivity contribution < 1.29 is 4.79 Å². The van der Waals surface area contributed by atoms with Crippen LogP contribution in [0.5, 0.6) is 0 Å². The molecule has 1 N–H and O–H groups in total. The first-order chi connectivity index (χ1) is 18.6. The van der Waals surface area contributed by atoms with Crippen molar-refractivity contribution in [3.8, 4) is 28.3 Å². The molecule has 0 unspecified atom stereocenters. The van der Waals surface area contributed by atoms with E-state index in [1.807, 2.05) is 73.0 Å². The van der Waals surface area contributed by atoms with Gasteiger partial charge in [-0.25, -0.2) is 14.3 Å². The fourth-order valence-electron chi connectivity index (χ4n) is 4.75. The van der Waals surface area contributed by atoms with Gasteiger partial charge < -0.3 is 15.1 Å². The molecule has 10 nitrogen and oxygen atoms in total. The Balaban J connectivity index is 1.22. The maximum atomic E-state index is 12.6. The summed E-state index contributed by atoms with van der Waals surface area (Å²) in [5, 5.41) is 21.3. The number of hydrogen-bond acceptors (Lipinski definition) is 6. The lowest BCUT2D eigenvalue weighted by Crippen LogP contribution is -2.50. The van der Waals surface area contributed by atoms with Gasteiger partial charge in [-0.3, -0.25) is 4.68 Å². The first-order valence-electron chi connectivity index (χ1n) is 12.3. The van der Waals surface area contributed by atoms with E-state index in [2.05, 4.69) is 32.5 Å². The SMILES string of the molecule is Cn1cc(-c2cc(-c3ccc(N4CCN(C(=O)Nc5ccccc5)CC4)nc3)c3c(C#N)cnn3c2)cn1. The highest BCUT2D eigenvalue weighted by molar-refractivity contribution is 5.89. The van der Waals surface area contributed by atoms with Gasteiger partial charge in [-0.05, 0) is 30.3 Å². The van der Waals surface area contributed by atoms with Gasteiger partial charge in [0.1, 0.15) is 11.9 Å². The average Bonchev–Trinajstić information content (AvgIpc) is 3.59. The Morgan fingerprint density at radius 1 is 0.921 bits per heavy atom. The standard InChI is InChI=1S/C28H25N9O/c1-34-18-23(17-31-34)21-13-25(27-22(14-29)16-32-37(27)19-21)20-7-8-26(30-15-20)35-9-11-36(12-10-35)28(38)33-24-5-3-2-4-6-24/h2-8,13,15-19H,9-12H2,1H3,(H,33,38). The van der Waals surface area contributed by atoms with Crippen LogP contribution in [0.25, 0.3) is 27.8 Å². The minimum Gasteiger partial charge on any atom is -0.353 e. The number of nitriles is 1. The number of aryl methyl sites for hydroxylation is 1. The minimum absolute atomic E-state index is 0.0919. The molecule has 0 atom stereocenters. The number of fused-ring (bicyclic) bond motifs is 1. The third-order valence-electron chi connectivity index (χ3n) is 6.75. The largest absolute Gasteiger partial charge is 0.353 e. The molecular weight excluding hydrogens is 478 g/mol. The van der Waals surface area contributed by atoms with Gasteiger partial charge in [-0.1, -0.05) is 18.2 Å². The predicted molar refractivity (Wildman–Crippen MR) is 145 cm³/mol.